The Morgan fingerprint density at radius 1 is 1.30 bits per heavy atom. The van der Waals surface area contributed by atoms with Crippen molar-refractivity contribution in [3.8, 4) is 0 Å². The van der Waals surface area contributed by atoms with Crippen LogP contribution in [-0.2, 0) is 23.6 Å². The molecule has 108 valence electrons. The van der Waals surface area contributed by atoms with Crippen molar-refractivity contribution in [1.82, 2.24) is 14.3 Å². The number of rotatable bonds is 6. The van der Waals surface area contributed by atoms with Crippen LogP contribution in [0, 0.1) is 0 Å². The third-order valence-corrected chi connectivity index (χ3v) is 4.49. The van der Waals surface area contributed by atoms with Crippen LogP contribution in [0.15, 0.2) is 41.7 Å². The maximum Gasteiger partial charge on any atom is 0.242 e. The number of aryl methyl sites for hydroxylation is 1. The number of hydrogen-bond donors (Lipinski definition) is 2. The van der Waals surface area contributed by atoms with Crippen LogP contribution in [0.3, 0.4) is 0 Å². The van der Waals surface area contributed by atoms with Crippen molar-refractivity contribution < 1.29 is 8.42 Å². The number of anilines is 1. The maximum atomic E-state index is 12.1. The van der Waals surface area contributed by atoms with Crippen LogP contribution in [0.5, 0.6) is 0 Å². The molecule has 7 heteroatoms. The third-order valence-electron chi connectivity index (χ3n) is 2.89. The molecule has 0 aliphatic heterocycles. The summed E-state index contributed by atoms with van der Waals surface area (Å²) in [5.41, 5.74) is 1.55. The molecular formula is C13H18N4O2S. The average Bonchev–Trinajstić information content (AvgIpc) is 2.82. The topological polar surface area (TPSA) is 76.0 Å². The lowest BCUT2D eigenvalue weighted by atomic mass is 10.3. The zero-order valence-corrected chi connectivity index (χ0v) is 12.3. The lowest BCUT2D eigenvalue weighted by Gasteiger charge is -2.12. The van der Waals surface area contributed by atoms with Crippen LogP contribution in [0.1, 0.15) is 12.6 Å². The van der Waals surface area contributed by atoms with Gasteiger partial charge in [-0.15, -0.1) is 0 Å². The third kappa shape index (κ3) is 3.17. The van der Waals surface area contributed by atoms with Crippen LogP contribution in [0.25, 0.3) is 0 Å². The zero-order valence-electron chi connectivity index (χ0n) is 11.5. The van der Waals surface area contributed by atoms with E-state index in [0.29, 0.717) is 18.8 Å². The first kappa shape index (κ1) is 14.5. The van der Waals surface area contributed by atoms with Gasteiger partial charge in [-0.05, 0) is 12.1 Å². The zero-order chi connectivity index (χ0) is 14.6. The molecule has 2 N–H and O–H groups in total. The molecular weight excluding hydrogens is 276 g/mol. The van der Waals surface area contributed by atoms with Crippen LogP contribution in [0.2, 0.25) is 0 Å². The minimum Gasteiger partial charge on any atom is -0.378 e. The van der Waals surface area contributed by atoms with E-state index in [1.54, 1.807) is 43.7 Å². The lowest BCUT2D eigenvalue weighted by molar-refractivity contribution is 0.584. The Balaban J connectivity index is 2.23. The molecule has 0 unspecified atom stereocenters. The second-order valence-electron chi connectivity index (χ2n) is 4.35. The molecule has 6 nitrogen and oxygen atoms in total. The van der Waals surface area contributed by atoms with Gasteiger partial charge in [0, 0.05) is 19.8 Å². The van der Waals surface area contributed by atoms with Crippen molar-refractivity contribution in [2.45, 2.75) is 18.4 Å². The Morgan fingerprint density at radius 3 is 2.70 bits per heavy atom. The summed E-state index contributed by atoms with van der Waals surface area (Å²) in [6, 6.07) is 6.85. The summed E-state index contributed by atoms with van der Waals surface area (Å²) in [6.07, 6.45) is 3.45. The Morgan fingerprint density at radius 2 is 2.05 bits per heavy atom. The van der Waals surface area contributed by atoms with E-state index in [1.807, 2.05) is 11.6 Å². The van der Waals surface area contributed by atoms with Crippen LogP contribution < -0.4 is 10.0 Å². The van der Waals surface area contributed by atoms with E-state index >= 15 is 0 Å². The largest absolute Gasteiger partial charge is 0.378 e. The van der Waals surface area contributed by atoms with Crippen LogP contribution >= 0.6 is 0 Å². The second-order valence-corrected chi connectivity index (χ2v) is 6.08. The van der Waals surface area contributed by atoms with E-state index in [0.717, 1.165) is 5.69 Å². The van der Waals surface area contributed by atoms with Gasteiger partial charge in [-0.1, -0.05) is 19.1 Å². The highest BCUT2D eigenvalue weighted by atomic mass is 32.2. The summed E-state index contributed by atoms with van der Waals surface area (Å²) in [6.45, 7) is 2.62. The number of hydrogen-bond acceptors (Lipinski definition) is 4. The maximum absolute atomic E-state index is 12.1. The van der Waals surface area contributed by atoms with Gasteiger partial charge in [-0.3, -0.25) is 0 Å². The predicted molar refractivity (Wildman–Crippen MR) is 77.8 cm³/mol. The minimum absolute atomic E-state index is 0.254. The van der Waals surface area contributed by atoms with Gasteiger partial charge in [0.1, 0.15) is 4.90 Å². The molecule has 2 rings (SSSR count). The van der Waals surface area contributed by atoms with Crippen molar-refractivity contribution in [2.75, 3.05) is 11.9 Å². The predicted octanol–water partition coefficient (Wildman–Crippen LogP) is 1.33. The van der Waals surface area contributed by atoms with Crippen molar-refractivity contribution in [3.05, 3.63) is 42.5 Å². The molecule has 0 amide bonds. The van der Waals surface area contributed by atoms with Gasteiger partial charge < -0.3 is 9.88 Å². The molecule has 0 fully saturated rings. The molecule has 20 heavy (non-hydrogen) atoms. The van der Waals surface area contributed by atoms with E-state index < -0.39 is 10.0 Å². The van der Waals surface area contributed by atoms with Crippen molar-refractivity contribution in [2.24, 2.45) is 7.05 Å². The summed E-state index contributed by atoms with van der Waals surface area (Å²) >= 11 is 0. The first-order valence-electron chi connectivity index (χ1n) is 6.32. The van der Waals surface area contributed by atoms with E-state index in [4.69, 9.17) is 0 Å². The van der Waals surface area contributed by atoms with Crippen LogP contribution in [0.4, 0.5) is 5.69 Å². The number of nitrogens with one attached hydrogen (secondary N) is 2. The van der Waals surface area contributed by atoms with Gasteiger partial charge in [-0.2, -0.15) is 0 Å². The average molecular weight is 294 g/mol. The lowest BCUT2D eigenvalue weighted by Crippen LogP contribution is -2.24. The fourth-order valence-corrected chi connectivity index (χ4v) is 3.08. The van der Waals surface area contributed by atoms with Gasteiger partial charge in [0.2, 0.25) is 10.0 Å². The first-order chi connectivity index (χ1) is 9.54. The van der Waals surface area contributed by atoms with Gasteiger partial charge in [0.15, 0.2) is 0 Å². The molecule has 0 bridgehead atoms. The summed E-state index contributed by atoms with van der Waals surface area (Å²) in [5, 5.41) is 3.14. The smallest absolute Gasteiger partial charge is 0.242 e. The fourth-order valence-electron chi connectivity index (χ4n) is 1.86. The van der Waals surface area contributed by atoms with Crippen LogP contribution in [-0.4, -0.2) is 24.5 Å². The van der Waals surface area contributed by atoms with Gasteiger partial charge >= 0.3 is 0 Å². The summed E-state index contributed by atoms with van der Waals surface area (Å²) in [4.78, 5) is 4.28. The SMILES string of the molecule is CCNS(=O)(=O)c1ccccc1NCc1cncn1C. The fraction of sp³-hybridized carbons (Fsp3) is 0.308. The summed E-state index contributed by atoms with van der Waals surface area (Å²) in [7, 11) is -1.58. The molecule has 0 saturated heterocycles. The van der Waals surface area contributed by atoms with E-state index in [-0.39, 0.29) is 4.90 Å². The molecule has 0 atom stereocenters. The Labute approximate surface area is 118 Å². The van der Waals surface area contributed by atoms with Gasteiger partial charge in [-0.25, -0.2) is 18.1 Å². The Bertz CT molecular complexity index is 679. The molecule has 1 heterocycles. The standard InChI is InChI=1S/C13H18N4O2S/c1-3-16-20(18,19)13-7-5-4-6-12(13)15-9-11-8-14-10-17(11)2/h4-8,10,15-16H,3,9H2,1-2H3. The minimum atomic E-state index is -3.48. The molecule has 2 aromatic rings. The normalized spacial score (nSPS) is 11.5. The number of benzene rings is 1. The highest BCUT2D eigenvalue weighted by molar-refractivity contribution is 7.89. The number of nitrogens with zero attached hydrogens (tertiary/aromatic N) is 2. The highest BCUT2D eigenvalue weighted by Gasteiger charge is 2.16. The summed E-state index contributed by atoms with van der Waals surface area (Å²) in [5.74, 6) is 0. The Hall–Kier alpha value is -1.86. The van der Waals surface area contributed by atoms with E-state index in [9.17, 15) is 8.42 Å². The van der Waals surface area contributed by atoms with Gasteiger partial charge in [0.25, 0.3) is 0 Å². The van der Waals surface area contributed by atoms with Crippen molar-refractivity contribution >= 4 is 15.7 Å². The quantitative estimate of drug-likeness (QED) is 0.843. The number of imidazole rings is 1. The highest BCUT2D eigenvalue weighted by Crippen LogP contribution is 2.21. The second kappa shape index (κ2) is 6.06. The summed E-state index contributed by atoms with van der Waals surface area (Å²) < 4.78 is 28.6. The van der Waals surface area contributed by atoms with Gasteiger partial charge in [0.05, 0.1) is 24.3 Å². The number of para-hydroxylation sites is 1. The molecule has 0 radical (unpaired) electrons. The molecule has 0 saturated carbocycles. The molecule has 1 aromatic carbocycles. The number of sulfonamides is 1. The molecule has 0 aliphatic carbocycles. The number of aromatic nitrogens is 2. The molecule has 0 aliphatic rings. The molecule has 1 aromatic heterocycles. The monoisotopic (exact) mass is 294 g/mol. The Kier molecular flexibility index (Phi) is 4.41. The van der Waals surface area contributed by atoms with Crippen molar-refractivity contribution in [3.63, 3.8) is 0 Å². The first-order valence-corrected chi connectivity index (χ1v) is 7.80. The van der Waals surface area contributed by atoms with E-state index in [2.05, 4.69) is 15.0 Å². The van der Waals surface area contributed by atoms with Crippen molar-refractivity contribution in [1.29, 1.82) is 0 Å². The van der Waals surface area contributed by atoms with E-state index in [1.165, 1.54) is 0 Å². The molecule has 0 spiro atoms.